The van der Waals surface area contributed by atoms with Crippen molar-refractivity contribution in [3.05, 3.63) is 34.6 Å². The van der Waals surface area contributed by atoms with Crippen LogP contribution in [0.4, 0.5) is 4.39 Å². The maximum Gasteiger partial charge on any atom is 0.223 e. The molecule has 5 heteroatoms. The molecule has 0 bridgehead atoms. The smallest absolute Gasteiger partial charge is 0.223 e. The van der Waals surface area contributed by atoms with E-state index in [0.717, 1.165) is 31.0 Å². The highest BCUT2D eigenvalue weighted by Crippen LogP contribution is 2.31. The first kappa shape index (κ1) is 15.8. The van der Waals surface area contributed by atoms with Gasteiger partial charge in [-0.25, -0.2) is 4.39 Å². The zero-order valence-electron chi connectivity index (χ0n) is 11.2. The van der Waals surface area contributed by atoms with E-state index in [0.29, 0.717) is 17.0 Å². The molecule has 20 heavy (non-hydrogen) atoms. The minimum atomic E-state index is -0.337. The number of amides is 1. The molecule has 0 aromatic heterocycles. The van der Waals surface area contributed by atoms with Gasteiger partial charge in [0.05, 0.1) is 6.54 Å². The van der Waals surface area contributed by atoms with E-state index in [2.05, 4.69) is 15.9 Å². The monoisotopic (exact) mass is 361 g/mol. The lowest BCUT2D eigenvalue weighted by Crippen LogP contribution is -2.32. The van der Waals surface area contributed by atoms with Gasteiger partial charge < -0.3 is 4.90 Å². The van der Waals surface area contributed by atoms with Gasteiger partial charge in [0.15, 0.2) is 0 Å². The number of rotatable bonds is 7. The van der Waals surface area contributed by atoms with Crippen molar-refractivity contribution >= 4 is 33.4 Å². The molecule has 1 aromatic carbocycles. The number of carbonyl (C=O) groups is 1. The number of carbonyl (C=O) groups excluding carboxylic acids is 1. The number of alkyl halides is 1. The van der Waals surface area contributed by atoms with Crippen molar-refractivity contribution in [3.8, 4) is 0 Å². The molecule has 2 nitrogen and oxygen atoms in total. The van der Waals surface area contributed by atoms with Gasteiger partial charge in [-0.05, 0) is 37.8 Å². The number of nitrogens with zero attached hydrogens (tertiary/aromatic N) is 1. The van der Waals surface area contributed by atoms with Crippen LogP contribution in [-0.4, -0.2) is 22.2 Å². The van der Waals surface area contributed by atoms with Gasteiger partial charge in [0.25, 0.3) is 0 Å². The van der Waals surface area contributed by atoms with E-state index in [9.17, 15) is 9.18 Å². The van der Waals surface area contributed by atoms with E-state index in [-0.39, 0.29) is 24.3 Å². The second-order valence-corrected chi connectivity index (χ2v) is 6.30. The van der Waals surface area contributed by atoms with Gasteiger partial charge in [-0.2, -0.15) is 0 Å². The van der Waals surface area contributed by atoms with Crippen LogP contribution in [0.25, 0.3) is 0 Å². The maximum absolute atomic E-state index is 13.8. The molecular formula is C15H18BrClFNO. The fourth-order valence-electron chi connectivity index (χ4n) is 2.18. The fraction of sp³-hybridized carbons (Fsp3) is 0.533. The normalized spacial score (nSPS) is 14.3. The van der Waals surface area contributed by atoms with Crippen molar-refractivity contribution in [2.45, 2.75) is 44.7 Å². The van der Waals surface area contributed by atoms with Gasteiger partial charge in [0.2, 0.25) is 5.91 Å². The largest absolute Gasteiger partial charge is 0.335 e. The zero-order chi connectivity index (χ0) is 14.5. The van der Waals surface area contributed by atoms with Crippen LogP contribution in [-0.2, 0) is 11.3 Å². The van der Waals surface area contributed by atoms with Gasteiger partial charge in [-0.1, -0.05) is 33.6 Å². The molecule has 0 unspecified atom stereocenters. The molecule has 0 N–H and O–H groups in total. The molecule has 1 amide bonds. The quantitative estimate of drug-likeness (QED) is 0.515. The Morgan fingerprint density at radius 1 is 1.40 bits per heavy atom. The third-order valence-corrected chi connectivity index (χ3v) is 4.39. The lowest BCUT2D eigenvalue weighted by Gasteiger charge is -2.23. The van der Waals surface area contributed by atoms with E-state index in [4.69, 9.17) is 11.6 Å². The predicted molar refractivity (Wildman–Crippen MR) is 82.6 cm³/mol. The molecule has 0 atom stereocenters. The molecule has 0 spiro atoms. The maximum atomic E-state index is 13.8. The van der Waals surface area contributed by atoms with Crippen LogP contribution < -0.4 is 0 Å². The molecule has 0 radical (unpaired) electrons. The average molecular weight is 363 g/mol. The van der Waals surface area contributed by atoms with E-state index in [1.165, 1.54) is 6.07 Å². The zero-order valence-corrected chi connectivity index (χ0v) is 13.6. The summed E-state index contributed by atoms with van der Waals surface area (Å²) in [7, 11) is 0. The molecule has 0 aliphatic heterocycles. The summed E-state index contributed by atoms with van der Waals surface area (Å²) in [5.41, 5.74) is 0.426. The molecule has 1 saturated carbocycles. The average Bonchev–Trinajstić information content (AvgIpc) is 3.23. The molecule has 110 valence electrons. The van der Waals surface area contributed by atoms with Crippen LogP contribution in [0, 0.1) is 5.82 Å². The SMILES string of the molecule is O=C(CCCCBr)N(Cc1c(F)cccc1Cl)C1CC1. The van der Waals surface area contributed by atoms with Crippen LogP contribution in [0.1, 0.15) is 37.7 Å². The summed E-state index contributed by atoms with van der Waals surface area (Å²) in [4.78, 5) is 14.1. The van der Waals surface area contributed by atoms with Crippen LogP contribution in [0.15, 0.2) is 18.2 Å². The van der Waals surface area contributed by atoms with E-state index in [1.54, 1.807) is 17.0 Å². The molecule has 0 saturated heterocycles. The fourth-order valence-corrected chi connectivity index (χ4v) is 2.79. The van der Waals surface area contributed by atoms with Crippen molar-refractivity contribution in [3.63, 3.8) is 0 Å². The second-order valence-electron chi connectivity index (χ2n) is 5.10. The summed E-state index contributed by atoms with van der Waals surface area (Å²) in [6.45, 7) is 0.281. The van der Waals surface area contributed by atoms with Crippen molar-refractivity contribution in [2.24, 2.45) is 0 Å². The first-order valence-electron chi connectivity index (χ1n) is 6.92. The van der Waals surface area contributed by atoms with Gasteiger partial charge >= 0.3 is 0 Å². The van der Waals surface area contributed by atoms with E-state index >= 15 is 0 Å². The Morgan fingerprint density at radius 3 is 2.75 bits per heavy atom. The number of unbranched alkanes of at least 4 members (excludes halogenated alkanes) is 1. The first-order valence-corrected chi connectivity index (χ1v) is 8.41. The Labute approximate surface area is 132 Å². The number of halogens is 3. The minimum absolute atomic E-state index is 0.104. The van der Waals surface area contributed by atoms with Crippen LogP contribution >= 0.6 is 27.5 Å². The van der Waals surface area contributed by atoms with Gasteiger partial charge in [0, 0.05) is 28.4 Å². The number of hydrogen-bond acceptors (Lipinski definition) is 1. The topological polar surface area (TPSA) is 20.3 Å². The van der Waals surface area contributed by atoms with E-state index < -0.39 is 0 Å². The Balaban J connectivity index is 2.04. The van der Waals surface area contributed by atoms with Crippen molar-refractivity contribution < 1.29 is 9.18 Å². The Morgan fingerprint density at radius 2 is 2.15 bits per heavy atom. The minimum Gasteiger partial charge on any atom is -0.335 e. The van der Waals surface area contributed by atoms with Gasteiger partial charge in [-0.15, -0.1) is 0 Å². The highest BCUT2D eigenvalue weighted by molar-refractivity contribution is 9.09. The standard InChI is InChI=1S/C15H18BrClFNO/c16-9-2-1-6-15(20)19(11-7-8-11)10-12-13(17)4-3-5-14(12)18/h3-5,11H,1-2,6-10H2. The predicted octanol–water partition coefficient (Wildman–Crippen LogP) is 4.54. The summed E-state index contributed by atoms with van der Waals surface area (Å²) >= 11 is 9.40. The van der Waals surface area contributed by atoms with E-state index in [1.807, 2.05) is 0 Å². The summed E-state index contributed by atoms with van der Waals surface area (Å²) in [6, 6.07) is 4.91. The lowest BCUT2D eigenvalue weighted by atomic mass is 10.1. The number of benzene rings is 1. The molecule has 1 fully saturated rings. The molecule has 1 aromatic rings. The summed E-state index contributed by atoms with van der Waals surface area (Å²) in [6.07, 6.45) is 4.38. The molecule has 2 rings (SSSR count). The molecule has 1 aliphatic carbocycles. The highest BCUT2D eigenvalue weighted by atomic mass is 79.9. The molecule has 0 heterocycles. The number of hydrogen-bond donors (Lipinski definition) is 0. The highest BCUT2D eigenvalue weighted by Gasteiger charge is 2.33. The summed E-state index contributed by atoms with van der Waals surface area (Å²) in [5, 5.41) is 1.30. The van der Waals surface area contributed by atoms with Crippen molar-refractivity contribution in [1.29, 1.82) is 0 Å². The van der Waals surface area contributed by atoms with Crippen molar-refractivity contribution in [2.75, 3.05) is 5.33 Å². The Bertz CT molecular complexity index is 459. The second kappa shape index (κ2) is 7.41. The van der Waals surface area contributed by atoms with Crippen molar-refractivity contribution in [1.82, 2.24) is 4.90 Å². The third-order valence-electron chi connectivity index (χ3n) is 3.47. The van der Waals surface area contributed by atoms with Crippen LogP contribution in [0.2, 0.25) is 5.02 Å². The first-order chi connectivity index (χ1) is 9.63. The summed E-state index contributed by atoms with van der Waals surface area (Å²) in [5.74, 6) is -0.232. The van der Waals surface area contributed by atoms with Gasteiger partial charge in [0.1, 0.15) is 5.82 Å². The van der Waals surface area contributed by atoms with Crippen LogP contribution in [0.5, 0.6) is 0 Å². The lowest BCUT2D eigenvalue weighted by molar-refractivity contribution is -0.132. The Hall–Kier alpha value is -0.610. The molecule has 1 aliphatic rings. The van der Waals surface area contributed by atoms with Crippen LogP contribution in [0.3, 0.4) is 0 Å². The Kier molecular flexibility index (Phi) is 5.85. The third kappa shape index (κ3) is 4.19. The summed E-state index contributed by atoms with van der Waals surface area (Å²) < 4.78 is 13.8. The van der Waals surface area contributed by atoms with Gasteiger partial charge in [-0.3, -0.25) is 4.79 Å². The molecular weight excluding hydrogens is 345 g/mol.